The molecule has 41 heavy (non-hydrogen) atoms. The third kappa shape index (κ3) is 6.57. The molecule has 18 nitrogen and oxygen atoms in total. The van der Waals surface area contributed by atoms with Crippen molar-refractivity contribution < 1.29 is 56.9 Å². The van der Waals surface area contributed by atoms with E-state index in [9.17, 15) is 43.6 Å². The van der Waals surface area contributed by atoms with Gasteiger partial charge in [-0.25, -0.2) is 4.79 Å². The molecule has 20 heteroatoms. The van der Waals surface area contributed by atoms with Crippen LogP contribution in [0.2, 0.25) is 0 Å². The lowest BCUT2D eigenvalue weighted by atomic mass is 10.0. The summed E-state index contributed by atoms with van der Waals surface area (Å²) in [4.78, 5) is 52.5. The molecule has 0 aromatic carbocycles. The highest BCUT2D eigenvalue weighted by atomic mass is 31.2. The zero-order valence-corrected chi connectivity index (χ0v) is 24.8. The number of nitrogens with one attached hydrogen (secondary N) is 3. The number of hydrogen-bond donors (Lipinski definition) is 6. The molecule has 234 valence electrons. The van der Waals surface area contributed by atoms with Crippen LogP contribution in [0.4, 0.5) is 0 Å². The number of likely N-dealkylation sites (N-methyl/N-ethyl adjacent to an activating group) is 1. The van der Waals surface area contributed by atoms with Gasteiger partial charge in [0.2, 0.25) is 0 Å². The Morgan fingerprint density at radius 2 is 1.51 bits per heavy atom. The third-order valence-electron chi connectivity index (χ3n) is 5.81. The number of ether oxygens (including phenoxy) is 1. The van der Waals surface area contributed by atoms with E-state index in [0.717, 1.165) is 19.3 Å². The summed E-state index contributed by atoms with van der Waals surface area (Å²) >= 11 is 0. The zero-order chi connectivity index (χ0) is 31.2. The van der Waals surface area contributed by atoms with Gasteiger partial charge in [0.25, 0.3) is 17.4 Å². The smallest absolute Gasteiger partial charge is 0.378 e. The fraction of sp³-hybridized carbons (Fsp3) is 0.714. The van der Waals surface area contributed by atoms with E-state index < -0.39 is 73.9 Å². The second-order valence-electron chi connectivity index (χ2n) is 8.34. The Labute approximate surface area is 234 Å². The lowest BCUT2D eigenvalue weighted by molar-refractivity contribution is -0.146. The van der Waals surface area contributed by atoms with Gasteiger partial charge >= 0.3 is 25.9 Å². The van der Waals surface area contributed by atoms with Gasteiger partial charge in [-0.2, -0.15) is 0 Å². The fourth-order valence-corrected chi connectivity index (χ4v) is 9.46. The van der Waals surface area contributed by atoms with Gasteiger partial charge in [0, 0.05) is 19.3 Å². The average molecular weight is 630 g/mol. The minimum atomic E-state index is -5.04. The molecule has 0 saturated carbocycles. The summed E-state index contributed by atoms with van der Waals surface area (Å²) in [5.74, 6) is -2.99. The molecule has 1 aliphatic rings. The van der Waals surface area contributed by atoms with Crippen LogP contribution in [0.25, 0.3) is 0 Å². The standard InChI is InChI=1S/C21H36N4O14P2/c1-6-35-40(33,36-7-2)21(19(31)22-5,41(34,37-8-3)38-9-4)24-17(30)15(29)16-13(27)14(28)18(39-16)25-11-10-12(26)23-20(25)32/h10-11,13-16,18,27-29H,6-9H2,1-5H3,(H,22,31)(H,24,30)(H,23,26,32)/t13-,14+,15?,16-,18+/m0/s1. The van der Waals surface area contributed by atoms with Crippen LogP contribution in [0, 0.1) is 0 Å². The number of aliphatic hydroxyl groups is 3. The van der Waals surface area contributed by atoms with E-state index in [0.29, 0.717) is 4.57 Å². The van der Waals surface area contributed by atoms with Crippen molar-refractivity contribution in [2.45, 2.75) is 63.4 Å². The molecule has 1 aromatic rings. The molecule has 1 saturated heterocycles. The number of amides is 2. The molecule has 0 aliphatic carbocycles. The second kappa shape index (κ2) is 14.3. The van der Waals surface area contributed by atoms with E-state index in [-0.39, 0.29) is 26.4 Å². The Balaban J connectivity index is 2.64. The minimum absolute atomic E-state index is 0.362. The fourth-order valence-electron chi connectivity index (χ4n) is 4.09. The maximum atomic E-state index is 14.2. The summed E-state index contributed by atoms with van der Waals surface area (Å²) in [5, 5.41) is 32.9. The number of aromatic nitrogens is 2. The molecule has 0 bridgehead atoms. The molecule has 2 heterocycles. The molecule has 1 aliphatic heterocycles. The largest absolute Gasteiger partial charge is 0.387 e. The van der Waals surface area contributed by atoms with Gasteiger partial charge < -0.3 is 48.8 Å². The predicted octanol–water partition coefficient (Wildman–Crippen LogP) is -1.44. The first-order valence-electron chi connectivity index (χ1n) is 12.6. The van der Waals surface area contributed by atoms with Crippen molar-refractivity contribution in [2.24, 2.45) is 0 Å². The van der Waals surface area contributed by atoms with Crippen molar-refractivity contribution in [2.75, 3.05) is 33.5 Å². The molecule has 0 spiro atoms. The van der Waals surface area contributed by atoms with E-state index in [1.807, 2.05) is 10.3 Å². The summed E-state index contributed by atoms with van der Waals surface area (Å²) in [6, 6.07) is 0.927. The number of rotatable bonds is 15. The highest BCUT2D eigenvalue weighted by Crippen LogP contribution is 2.76. The third-order valence-corrected chi connectivity index (χ3v) is 11.9. The molecular weight excluding hydrogens is 594 g/mol. The van der Waals surface area contributed by atoms with Crippen LogP contribution in [0.1, 0.15) is 33.9 Å². The number of aromatic amines is 1. The Bertz CT molecular complexity index is 1240. The summed E-state index contributed by atoms with van der Waals surface area (Å²) < 4.78 is 55.7. The van der Waals surface area contributed by atoms with Gasteiger partial charge in [0.15, 0.2) is 12.3 Å². The van der Waals surface area contributed by atoms with Crippen LogP contribution in [0.3, 0.4) is 0 Å². The van der Waals surface area contributed by atoms with Gasteiger partial charge in [-0.15, -0.1) is 0 Å². The quantitative estimate of drug-likeness (QED) is 0.122. The summed E-state index contributed by atoms with van der Waals surface area (Å²) in [5.41, 5.74) is -1.79. The van der Waals surface area contributed by atoms with Crippen LogP contribution in [0.5, 0.6) is 0 Å². The first kappa shape index (κ1) is 35.0. The highest BCUT2D eigenvalue weighted by Gasteiger charge is 2.72. The van der Waals surface area contributed by atoms with E-state index in [1.165, 1.54) is 27.7 Å². The lowest BCUT2D eigenvalue weighted by Crippen LogP contribution is -2.62. The first-order valence-corrected chi connectivity index (χ1v) is 15.7. The molecule has 1 fully saturated rings. The van der Waals surface area contributed by atoms with E-state index in [4.69, 9.17) is 22.8 Å². The monoisotopic (exact) mass is 630 g/mol. The average Bonchev–Trinajstić information content (AvgIpc) is 3.20. The maximum Gasteiger partial charge on any atom is 0.378 e. The molecule has 1 aromatic heterocycles. The van der Waals surface area contributed by atoms with Crippen LogP contribution >= 0.6 is 15.2 Å². The predicted molar refractivity (Wildman–Crippen MR) is 140 cm³/mol. The van der Waals surface area contributed by atoms with E-state index in [1.54, 1.807) is 0 Å². The SMILES string of the molecule is CCOP(=O)(OCC)C(NC(=O)C(O)[C@H]1O[C@@H](n2ccc(=O)[nH]c2=O)[C@H](O)[C@@H]1O)(C(=O)NC)P(=O)(OCC)OCC. The lowest BCUT2D eigenvalue weighted by Gasteiger charge is -2.41. The van der Waals surface area contributed by atoms with Crippen molar-refractivity contribution in [1.29, 1.82) is 0 Å². The molecular formula is C21H36N4O14P2. The van der Waals surface area contributed by atoms with Crippen molar-refractivity contribution in [1.82, 2.24) is 20.2 Å². The zero-order valence-electron chi connectivity index (χ0n) is 23.0. The van der Waals surface area contributed by atoms with Crippen molar-refractivity contribution in [3.8, 4) is 0 Å². The van der Waals surface area contributed by atoms with Crippen LogP contribution < -0.4 is 21.9 Å². The Morgan fingerprint density at radius 1 is 1.02 bits per heavy atom. The second-order valence-corrected chi connectivity index (χ2v) is 13.1. The van der Waals surface area contributed by atoms with Crippen LogP contribution in [0.15, 0.2) is 21.9 Å². The number of carbonyl (C=O) groups is 2. The first-order chi connectivity index (χ1) is 19.2. The number of hydrogen-bond acceptors (Lipinski definition) is 14. The van der Waals surface area contributed by atoms with Gasteiger partial charge in [-0.05, 0) is 27.7 Å². The summed E-state index contributed by atoms with van der Waals surface area (Å²) in [6.07, 6.45) is -9.06. The molecule has 2 rings (SSSR count). The number of aliphatic hydroxyl groups excluding tert-OH is 3. The highest BCUT2D eigenvalue weighted by molar-refractivity contribution is 7.76. The number of H-pyrrole nitrogens is 1. The maximum absolute atomic E-state index is 14.2. The normalized spacial score (nSPS) is 22.3. The van der Waals surface area contributed by atoms with E-state index in [2.05, 4.69) is 5.32 Å². The Morgan fingerprint density at radius 3 is 1.93 bits per heavy atom. The Hall–Kier alpha value is -2.24. The van der Waals surface area contributed by atoms with Crippen LogP contribution in [-0.2, 0) is 41.6 Å². The summed E-state index contributed by atoms with van der Waals surface area (Å²) in [6.45, 7) is 4.08. The molecule has 2 amide bonds. The van der Waals surface area contributed by atoms with Crippen molar-refractivity contribution in [3.63, 3.8) is 0 Å². The number of carbonyl (C=O) groups excluding carboxylic acids is 2. The van der Waals surface area contributed by atoms with Gasteiger partial charge in [-0.3, -0.25) is 33.1 Å². The van der Waals surface area contributed by atoms with Gasteiger partial charge in [-0.1, -0.05) is 0 Å². The van der Waals surface area contributed by atoms with Crippen molar-refractivity contribution in [3.05, 3.63) is 33.1 Å². The number of nitrogens with zero attached hydrogens (tertiary/aromatic N) is 1. The van der Waals surface area contributed by atoms with Gasteiger partial charge in [0.05, 0.1) is 26.4 Å². The van der Waals surface area contributed by atoms with Gasteiger partial charge in [0.1, 0.15) is 18.3 Å². The molecule has 0 radical (unpaired) electrons. The van der Waals surface area contributed by atoms with Crippen LogP contribution in [-0.4, -0.2) is 99.6 Å². The molecule has 1 unspecified atom stereocenters. The van der Waals surface area contributed by atoms with E-state index >= 15 is 0 Å². The Kier molecular flexibility index (Phi) is 12.2. The van der Waals surface area contributed by atoms with Crippen molar-refractivity contribution >= 4 is 27.0 Å². The summed E-state index contributed by atoms with van der Waals surface area (Å²) in [7, 11) is -9.01. The molecule has 6 N–H and O–H groups in total. The topological polar surface area (TPSA) is 254 Å². The minimum Gasteiger partial charge on any atom is -0.387 e. The molecule has 5 atom stereocenters.